The van der Waals surface area contributed by atoms with Crippen LogP contribution >= 0.6 is 0 Å². The van der Waals surface area contributed by atoms with Crippen molar-refractivity contribution in [3.05, 3.63) is 35.4 Å². The summed E-state index contributed by atoms with van der Waals surface area (Å²) in [4.78, 5) is 0. The molecule has 0 unspecified atom stereocenters. The number of hydrogen-bond acceptors (Lipinski definition) is 3. The van der Waals surface area contributed by atoms with E-state index in [-0.39, 0.29) is 5.75 Å². The van der Waals surface area contributed by atoms with Crippen molar-refractivity contribution in [2.24, 2.45) is 0 Å². The van der Waals surface area contributed by atoms with Gasteiger partial charge in [0, 0.05) is 6.54 Å². The Kier molecular flexibility index (Phi) is 7.19. The van der Waals surface area contributed by atoms with Gasteiger partial charge in [-0.2, -0.15) is 0 Å². The first-order valence-electron chi connectivity index (χ1n) is 7.15. The Hall–Kier alpha value is -0.910. The molecule has 1 aromatic carbocycles. The van der Waals surface area contributed by atoms with Crippen molar-refractivity contribution in [2.75, 3.05) is 19.3 Å². The molecule has 0 aromatic heterocycles. The molecule has 0 radical (unpaired) electrons. The second-order valence-corrected chi connectivity index (χ2v) is 7.27. The number of benzene rings is 1. The van der Waals surface area contributed by atoms with Gasteiger partial charge in [0.1, 0.15) is 0 Å². The first kappa shape index (κ1) is 17.1. The molecular formula is C15H26N2O2S. The van der Waals surface area contributed by atoms with Gasteiger partial charge in [-0.25, -0.2) is 13.1 Å². The van der Waals surface area contributed by atoms with Gasteiger partial charge in [0.25, 0.3) is 0 Å². The fourth-order valence-electron chi connectivity index (χ4n) is 1.88. The molecular weight excluding hydrogens is 272 g/mol. The molecule has 4 nitrogen and oxygen atoms in total. The van der Waals surface area contributed by atoms with Crippen LogP contribution in [0.5, 0.6) is 0 Å². The van der Waals surface area contributed by atoms with Crippen molar-refractivity contribution in [1.29, 1.82) is 0 Å². The largest absolute Gasteiger partial charge is 0.320 e. The van der Waals surface area contributed by atoms with E-state index in [9.17, 15) is 8.42 Å². The maximum atomic E-state index is 11.8. The average Bonchev–Trinajstić information content (AvgIpc) is 2.42. The standard InChI is InChI=1S/C15H26N2O2S/c1-13(2)15-8-6-14(7-9-15)12-17-20(18,19)11-5-4-10-16-3/h6-9,13,16-17H,4-5,10-12H2,1-3H3. The van der Waals surface area contributed by atoms with Gasteiger partial charge in [-0.3, -0.25) is 0 Å². The number of nitrogens with one attached hydrogen (secondary N) is 2. The molecule has 1 aromatic rings. The van der Waals surface area contributed by atoms with Gasteiger partial charge in [0.15, 0.2) is 0 Å². The Bertz CT molecular complexity index is 481. The van der Waals surface area contributed by atoms with Crippen LogP contribution in [-0.4, -0.2) is 27.8 Å². The normalized spacial score (nSPS) is 12.0. The summed E-state index contributed by atoms with van der Waals surface area (Å²) in [5.74, 6) is 0.687. The molecule has 0 aliphatic heterocycles. The molecule has 0 saturated heterocycles. The van der Waals surface area contributed by atoms with Crippen LogP contribution in [0.15, 0.2) is 24.3 Å². The van der Waals surface area contributed by atoms with E-state index in [1.807, 2.05) is 19.2 Å². The van der Waals surface area contributed by atoms with Crippen LogP contribution in [0.25, 0.3) is 0 Å². The zero-order chi connectivity index (χ0) is 15.0. The molecule has 0 bridgehead atoms. The number of unbranched alkanes of at least 4 members (excludes halogenated alkanes) is 1. The van der Waals surface area contributed by atoms with Crippen LogP contribution < -0.4 is 10.0 Å². The molecule has 1 rings (SSSR count). The van der Waals surface area contributed by atoms with Gasteiger partial charge in [0.05, 0.1) is 5.75 Å². The Labute approximate surface area is 123 Å². The number of hydrogen-bond donors (Lipinski definition) is 2. The van der Waals surface area contributed by atoms with Crippen molar-refractivity contribution in [3.8, 4) is 0 Å². The predicted molar refractivity (Wildman–Crippen MR) is 84.3 cm³/mol. The molecule has 0 amide bonds. The van der Waals surface area contributed by atoms with Gasteiger partial charge in [0.2, 0.25) is 10.0 Å². The summed E-state index contributed by atoms with van der Waals surface area (Å²) < 4.78 is 26.3. The smallest absolute Gasteiger partial charge is 0.211 e. The molecule has 0 spiro atoms. The summed E-state index contributed by atoms with van der Waals surface area (Å²) in [5, 5.41) is 3.01. The van der Waals surface area contributed by atoms with Crippen LogP contribution in [0.2, 0.25) is 0 Å². The molecule has 5 heteroatoms. The van der Waals surface area contributed by atoms with E-state index >= 15 is 0 Å². The van der Waals surface area contributed by atoms with Crippen LogP contribution in [-0.2, 0) is 16.6 Å². The van der Waals surface area contributed by atoms with Crippen molar-refractivity contribution >= 4 is 10.0 Å². The SMILES string of the molecule is CNCCCCS(=O)(=O)NCc1ccc(C(C)C)cc1. The molecule has 20 heavy (non-hydrogen) atoms. The Morgan fingerprint density at radius 2 is 1.75 bits per heavy atom. The molecule has 0 saturated carbocycles. The molecule has 0 aliphatic carbocycles. The summed E-state index contributed by atoms with van der Waals surface area (Å²) in [7, 11) is -1.30. The minimum Gasteiger partial charge on any atom is -0.320 e. The van der Waals surface area contributed by atoms with Crippen molar-refractivity contribution in [2.45, 2.75) is 39.2 Å². The molecule has 0 fully saturated rings. The van der Waals surface area contributed by atoms with Gasteiger partial charge >= 0.3 is 0 Å². The van der Waals surface area contributed by atoms with E-state index in [1.54, 1.807) is 0 Å². The Morgan fingerprint density at radius 1 is 1.10 bits per heavy atom. The lowest BCUT2D eigenvalue weighted by atomic mass is 10.0. The molecule has 0 heterocycles. The van der Waals surface area contributed by atoms with Crippen molar-refractivity contribution in [3.63, 3.8) is 0 Å². The van der Waals surface area contributed by atoms with Crippen LogP contribution in [0.1, 0.15) is 43.7 Å². The fraction of sp³-hybridized carbons (Fsp3) is 0.600. The van der Waals surface area contributed by atoms with E-state index in [4.69, 9.17) is 0 Å². The van der Waals surface area contributed by atoms with Crippen LogP contribution in [0.3, 0.4) is 0 Å². The van der Waals surface area contributed by atoms with E-state index in [0.29, 0.717) is 18.9 Å². The number of sulfonamides is 1. The van der Waals surface area contributed by atoms with Crippen LogP contribution in [0.4, 0.5) is 0 Å². The number of rotatable bonds is 9. The second kappa shape index (κ2) is 8.39. The van der Waals surface area contributed by atoms with E-state index in [0.717, 1.165) is 18.5 Å². The zero-order valence-electron chi connectivity index (χ0n) is 12.6. The van der Waals surface area contributed by atoms with E-state index in [1.165, 1.54) is 5.56 Å². The molecule has 114 valence electrons. The second-order valence-electron chi connectivity index (χ2n) is 5.35. The topological polar surface area (TPSA) is 58.2 Å². The summed E-state index contributed by atoms with van der Waals surface area (Å²) >= 11 is 0. The summed E-state index contributed by atoms with van der Waals surface area (Å²) in [6.07, 6.45) is 1.56. The first-order valence-corrected chi connectivity index (χ1v) is 8.80. The highest BCUT2D eigenvalue weighted by Gasteiger charge is 2.09. The molecule has 0 atom stereocenters. The lowest BCUT2D eigenvalue weighted by Crippen LogP contribution is -2.26. The van der Waals surface area contributed by atoms with Crippen LogP contribution in [0, 0.1) is 0 Å². The van der Waals surface area contributed by atoms with Gasteiger partial charge in [-0.15, -0.1) is 0 Å². The summed E-state index contributed by atoms with van der Waals surface area (Å²) in [6.45, 7) is 5.50. The molecule has 0 aliphatic rings. The van der Waals surface area contributed by atoms with Gasteiger partial charge in [-0.05, 0) is 43.5 Å². The first-order chi connectivity index (χ1) is 9.44. The quantitative estimate of drug-likeness (QED) is 0.687. The maximum absolute atomic E-state index is 11.8. The lowest BCUT2D eigenvalue weighted by molar-refractivity contribution is 0.575. The third-order valence-corrected chi connectivity index (χ3v) is 4.64. The molecule has 2 N–H and O–H groups in total. The summed E-state index contributed by atoms with van der Waals surface area (Å²) in [5.41, 5.74) is 2.26. The highest BCUT2D eigenvalue weighted by molar-refractivity contribution is 7.89. The highest BCUT2D eigenvalue weighted by Crippen LogP contribution is 2.14. The summed E-state index contributed by atoms with van der Waals surface area (Å²) in [6, 6.07) is 8.08. The van der Waals surface area contributed by atoms with E-state index < -0.39 is 10.0 Å². The maximum Gasteiger partial charge on any atom is 0.211 e. The van der Waals surface area contributed by atoms with Crippen molar-refractivity contribution < 1.29 is 8.42 Å². The minimum atomic E-state index is -3.16. The minimum absolute atomic E-state index is 0.193. The van der Waals surface area contributed by atoms with Crippen molar-refractivity contribution in [1.82, 2.24) is 10.0 Å². The Morgan fingerprint density at radius 3 is 2.30 bits per heavy atom. The average molecular weight is 298 g/mol. The third kappa shape index (κ3) is 6.50. The van der Waals surface area contributed by atoms with Gasteiger partial charge in [-0.1, -0.05) is 38.1 Å². The van der Waals surface area contributed by atoms with Gasteiger partial charge < -0.3 is 5.32 Å². The lowest BCUT2D eigenvalue weighted by Gasteiger charge is -2.09. The zero-order valence-corrected chi connectivity index (χ0v) is 13.5. The predicted octanol–water partition coefficient (Wildman–Crippen LogP) is 2.23. The highest BCUT2D eigenvalue weighted by atomic mass is 32.2. The monoisotopic (exact) mass is 298 g/mol. The Balaban J connectivity index is 2.41. The van der Waals surface area contributed by atoms with E-state index in [2.05, 4.69) is 36.0 Å². The third-order valence-electron chi connectivity index (χ3n) is 3.23. The fourth-order valence-corrected chi connectivity index (χ4v) is 2.99.